The normalized spacial score (nSPS) is 11.6. The van der Waals surface area contributed by atoms with Crippen molar-refractivity contribution in [1.29, 1.82) is 0 Å². The smallest absolute Gasteiger partial charge is 0.152 e. The molecule has 0 spiro atoms. The minimum Gasteiger partial charge on any atom is -0.382 e. The molecule has 6 heteroatoms. The van der Waals surface area contributed by atoms with Gasteiger partial charge in [0.25, 0.3) is 0 Å². The lowest BCUT2D eigenvalue weighted by Crippen LogP contribution is -2.25. The molecule has 0 aromatic heterocycles. The van der Waals surface area contributed by atoms with Gasteiger partial charge in [0.05, 0.1) is 0 Å². The summed E-state index contributed by atoms with van der Waals surface area (Å²) in [4.78, 5) is 0. The highest BCUT2D eigenvalue weighted by Gasteiger charge is 2.04. The molecule has 4 nitrogen and oxygen atoms in total. The number of nitrogens with zero attached hydrogens (tertiary/aromatic N) is 2. The second-order valence-corrected chi connectivity index (χ2v) is 2.72. The van der Waals surface area contributed by atoms with Gasteiger partial charge in [0.1, 0.15) is 11.6 Å². The van der Waals surface area contributed by atoms with Crippen molar-refractivity contribution in [2.24, 2.45) is 16.7 Å². The van der Waals surface area contributed by atoms with E-state index in [4.69, 9.17) is 11.6 Å². The highest BCUT2D eigenvalue weighted by molar-refractivity contribution is 5.97. The first-order valence-electron chi connectivity index (χ1n) is 3.78. The summed E-state index contributed by atoms with van der Waals surface area (Å²) >= 11 is 0. The van der Waals surface area contributed by atoms with E-state index in [2.05, 4.69) is 5.10 Å². The molecule has 0 fully saturated rings. The van der Waals surface area contributed by atoms with Crippen molar-refractivity contribution in [3.63, 3.8) is 0 Å². The second kappa shape index (κ2) is 4.01. The zero-order valence-electron chi connectivity index (χ0n) is 7.54. The van der Waals surface area contributed by atoms with E-state index in [1.807, 2.05) is 0 Å². The molecule has 0 radical (unpaired) electrons. The van der Waals surface area contributed by atoms with E-state index < -0.39 is 11.6 Å². The summed E-state index contributed by atoms with van der Waals surface area (Å²) in [6, 6.07) is 2.90. The molecule has 0 aliphatic heterocycles. The molecule has 4 N–H and O–H groups in total. The van der Waals surface area contributed by atoms with Crippen molar-refractivity contribution < 1.29 is 8.78 Å². The van der Waals surface area contributed by atoms with Gasteiger partial charge < -0.3 is 5.73 Å². The van der Waals surface area contributed by atoms with Gasteiger partial charge in [0.2, 0.25) is 0 Å². The molecule has 0 aliphatic rings. The standard InChI is InChI=1S/C8H10F2N4/c1-14(12)13-8(11)5-2-6(9)4-7(10)3-5/h2-4H,12H2,1H3,(H2,11,13). The molecule has 1 rings (SSSR count). The Labute approximate surface area is 79.8 Å². The van der Waals surface area contributed by atoms with Crippen LogP contribution in [0.1, 0.15) is 5.56 Å². The first kappa shape index (κ1) is 10.4. The van der Waals surface area contributed by atoms with Crippen LogP contribution >= 0.6 is 0 Å². The van der Waals surface area contributed by atoms with E-state index in [-0.39, 0.29) is 11.4 Å². The number of hydrazone groups is 1. The van der Waals surface area contributed by atoms with Gasteiger partial charge >= 0.3 is 0 Å². The quantitative estimate of drug-likeness (QED) is 0.314. The lowest BCUT2D eigenvalue weighted by atomic mass is 10.2. The Morgan fingerprint density at radius 2 is 1.79 bits per heavy atom. The van der Waals surface area contributed by atoms with E-state index in [9.17, 15) is 8.78 Å². The lowest BCUT2D eigenvalue weighted by molar-refractivity contribution is 0.371. The third kappa shape index (κ3) is 2.67. The van der Waals surface area contributed by atoms with E-state index in [1.165, 1.54) is 7.05 Å². The Morgan fingerprint density at radius 1 is 1.29 bits per heavy atom. The van der Waals surface area contributed by atoms with Crippen LogP contribution in [0.2, 0.25) is 0 Å². The average molecular weight is 200 g/mol. The Bertz CT molecular complexity index is 342. The third-order valence-electron chi connectivity index (χ3n) is 1.42. The van der Waals surface area contributed by atoms with Gasteiger partial charge in [-0.05, 0) is 12.1 Å². The SMILES string of the molecule is CN(N)/N=C(\N)c1cc(F)cc(F)c1. The number of hydrogen-bond donors (Lipinski definition) is 2. The maximum Gasteiger partial charge on any atom is 0.152 e. The summed E-state index contributed by atoms with van der Waals surface area (Å²) in [6.45, 7) is 0. The Hall–Kier alpha value is -1.69. The number of hydrazine groups is 1. The van der Waals surface area contributed by atoms with Crippen LogP contribution in [0.25, 0.3) is 0 Å². The van der Waals surface area contributed by atoms with Crippen LogP contribution in [0.4, 0.5) is 8.78 Å². The number of amidine groups is 1. The fourth-order valence-electron chi connectivity index (χ4n) is 0.929. The maximum absolute atomic E-state index is 12.7. The van der Waals surface area contributed by atoms with Crippen molar-refractivity contribution in [2.75, 3.05) is 7.05 Å². The maximum atomic E-state index is 12.7. The molecule has 0 atom stereocenters. The predicted octanol–water partition coefficient (Wildman–Crippen LogP) is 0.391. The summed E-state index contributed by atoms with van der Waals surface area (Å²) < 4.78 is 25.5. The fraction of sp³-hybridized carbons (Fsp3) is 0.125. The summed E-state index contributed by atoms with van der Waals surface area (Å²) in [5, 5.41) is 4.56. The molecule has 1 aromatic carbocycles. The van der Waals surface area contributed by atoms with Crippen LogP contribution in [-0.2, 0) is 0 Å². The highest BCUT2D eigenvalue weighted by atomic mass is 19.1. The largest absolute Gasteiger partial charge is 0.382 e. The van der Waals surface area contributed by atoms with Gasteiger partial charge in [0, 0.05) is 18.7 Å². The van der Waals surface area contributed by atoms with E-state index in [1.54, 1.807) is 0 Å². The van der Waals surface area contributed by atoms with Crippen LogP contribution in [0.5, 0.6) is 0 Å². The van der Waals surface area contributed by atoms with Crippen molar-refractivity contribution >= 4 is 5.84 Å². The number of halogens is 2. The van der Waals surface area contributed by atoms with Crippen LogP contribution in [0.3, 0.4) is 0 Å². The lowest BCUT2D eigenvalue weighted by Gasteiger charge is -2.06. The molecule has 0 bridgehead atoms. The Kier molecular flexibility index (Phi) is 2.98. The molecule has 14 heavy (non-hydrogen) atoms. The number of benzene rings is 1. The topological polar surface area (TPSA) is 67.6 Å². The summed E-state index contributed by atoms with van der Waals surface area (Å²) in [5.74, 6) is 3.72. The average Bonchev–Trinajstić information content (AvgIpc) is 2.00. The third-order valence-corrected chi connectivity index (χ3v) is 1.42. The van der Waals surface area contributed by atoms with Gasteiger partial charge in [0.15, 0.2) is 5.84 Å². The predicted molar refractivity (Wildman–Crippen MR) is 49.0 cm³/mol. The molecular formula is C8H10F2N4. The number of rotatable bonds is 2. The van der Waals surface area contributed by atoms with Crippen LogP contribution in [-0.4, -0.2) is 18.0 Å². The van der Waals surface area contributed by atoms with Crippen molar-refractivity contribution in [2.45, 2.75) is 0 Å². The molecule has 0 saturated heterocycles. The van der Waals surface area contributed by atoms with E-state index >= 15 is 0 Å². The van der Waals surface area contributed by atoms with Crippen LogP contribution in [0.15, 0.2) is 23.3 Å². The van der Waals surface area contributed by atoms with Crippen LogP contribution < -0.4 is 11.6 Å². The number of nitrogens with two attached hydrogens (primary N) is 2. The van der Waals surface area contributed by atoms with E-state index in [0.29, 0.717) is 0 Å². The molecule has 0 amide bonds. The summed E-state index contributed by atoms with van der Waals surface area (Å²) in [5.41, 5.74) is 5.58. The number of hydrogen-bond acceptors (Lipinski definition) is 3. The van der Waals surface area contributed by atoms with Gasteiger partial charge in [-0.15, -0.1) is 5.10 Å². The molecule has 0 saturated carbocycles. The van der Waals surface area contributed by atoms with E-state index in [0.717, 1.165) is 23.3 Å². The molecule has 0 unspecified atom stereocenters. The highest BCUT2D eigenvalue weighted by Crippen LogP contribution is 2.07. The van der Waals surface area contributed by atoms with Crippen molar-refractivity contribution in [1.82, 2.24) is 5.12 Å². The molecule has 0 heterocycles. The minimum absolute atomic E-state index is 0.0478. The second-order valence-electron chi connectivity index (χ2n) is 2.72. The zero-order valence-corrected chi connectivity index (χ0v) is 7.54. The monoisotopic (exact) mass is 200 g/mol. The summed E-state index contributed by atoms with van der Waals surface area (Å²) in [6.07, 6.45) is 0. The first-order chi connectivity index (χ1) is 6.49. The van der Waals surface area contributed by atoms with Crippen molar-refractivity contribution in [3.8, 4) is 0 Å². The zero-order chi connectivity index (χ0) is 10.7. The van der Waals surface area contributed by atoms with Gasteiger partial charge in [-0.2, -0.15) is 0 Å². The van der Waals surface area contributed by atoms with Crippen LogP contribution in [0, 0.1) is 11.6 Å². The van der Waals surface area contributed by atoms with Crippen molar-refractivity contribution in [3.05, 3.63) is 35.4 Å². The molecule has 1 aromatic rings. The molecular weight excluding hydrogens is 190 g/mol. The first-order valence-corrected chi connectivity index (χ1v) is 3.78. The Balaban J connectivity index is 3.07. The molecule has 0 aliphatic carbocycles. The summed E-state index contributed by atoms with van der Waals surface area (Å²) in [7, 11) is 1.45. The minimum atomic E-state index is -0.710. The fourth-order valence-corrected chi connectivity index (χ4v) is 0.929. The van der Waals surface area contributed by atoms with Gasteiger partial charge in [-0.25, -0.2) is 19.7 Å². The molecule has 76 valence electrons. The van der Waals surface area contributed by atoms with Gasteiger partial charge in [-0.3, -0.25) is 0 Å². The van der Waals surface area contributed by atoms with Gasteiger partial charge in [-0.1, -0.05) is 0 Å². The Morgan fingerprint density at radius 3 is 2.21 bits per heavy atom.